The third kappa shape index (κ3) is 6.52. The molecule has 0 unspecified atom stereocenters. The molecule has 1 aromatic carbocycles. The van der Waals surface area contributed by atoms with Gasteiger partial charge < -0.3 is 10.4 Å². The zero-order valence-corrected chi connectivity index (χ0v) is 14.3. The van der Waals surface area contributed by atoms with E-state index < -0.39 is 0 Å². The van der Waals surface area contributed by atoms with Crippen molar-refractivity contribution in [2.75, 3.05) is 6.54 Å². The highest BCUT2D eigenvalue weighted by Crippen LogP contribution is 2.33. The Morgan fingerprint density at radius 1 is 1.00 bits per heavy atom. The summed E-state index contributed by atoms with van der Waals surface area (Å²) in [7, 11) is 0. The van der Waals surface area contributed by atoms with E-state index >= 15 is 0 Å². The summed E-state index contributed by atoms with van der Waals surface area (Å²) in [6, 6.07) is 5.85. The van der Waals surface area contributed by atoms with E-state index in [1.807, 2.05) is 6.07 Å². The number of aromatic hydroxyl groups is 1. The van der Waals surface area contributed by atoms with Crippen molar-refractivity contribution in [3.8, 4) is 5.75 Å². The zero-order valence-electron chi connectivity index (χ0n) is 14.3. The molecule has 0 aliphatic rings. The standard InChI is InChI=1S/C19H33NO/c1-5-6-7-8-9-10-14-20-15-16-12-11-13-17(21)18(16)19(2,3)4/h11-13,20-21H,5-10,14-15H2,1-4H3. The average molecular weight is 291 g/mol. The van der Waals surface area contributed by atoms with Crippen molar-refractivity contribution < 1.29 is 5.11 Å². The molecule has 0 aliphatic heterocycles. The lowest BCUT2D eigenvalue weighted by Crippen LogP contribution is -2.20. The van der Waals surface area contributed by atoms with Gasteiger partial charge in [0.05, 0.1) is 0 Å². The molecule has 0 aliphatic carbocycles. The Hall–Kier alpha value is -1.02. The quantitative estimate of drug-likeness (QED) is 0.617. The van der Waals surface area contributed by atoms with Crippen LogP contribution in [0, 0.1) is 0 Å². The Labute approximate surface area is 131 Å². The monoisotopic (exact) mass is 291 g/mol. The van der Waals surface area contributed by atoms with Crippen molar-refractivity contribution in [2.45, 2.75) is 78.2 Å². The smallest absolute Gasteiger partial charge is 0.119 e. The second-order valence-corrected chi connectivity index (χ2v) is 7.01. The van der Waals surface area contributed by atoms with E-state index in [0.29, 0.717) is 5.75 Å². The van der Waals surface area contributed by atoms with Gasteiger partial charge in [-0.05, 0) is 30.0 Å². The predicted octanol–water partition coefficient (Wildman–Crippen LogP) is 5.14. The molecular formula is C19H33NO. The Kier molecular flexibility index (Phi) is 7.81. The summed E-state index contributed by atoms with van der Waals surface area (Å²) in [4.78, 5) is 0. The molecule has 2 heteroatoms. The Balaban J connectivity index is 2.37. The van der Waals surface area contributed by atoms with Gasteiger partial charge in [0.1, 0.15) is 5.75 Å². The number of phenolic OH excluding ortho intramolecular Hbond substituents is 1. The molecule has 0 atom stereocenters. The third-order valence-corrected chi connectivity index (χ3v) is 3.90. The SMILES string of the molecule is CCCCCCCCNCc1cccc(O)c1C(C)(C)C. The molecule has 0 radical (unpaired) electrons. The van der Waals surface area contributed by atoms with E-state index in [1.165, 1.54) is 44.1 Å². The predicted molar refractivity (Wildman–Crippen MR) is 91.9 cm³/mol. The van der Waals surface area contributed by atoms with Crippen LogP contribution in [0.4, 0.5) is 0 Å². The fourth-order valence-corrected chi connectivity index (χ4v) is 2.85. The second kappa shape index (κ2) is 9.09. The summed E-state index contributed by atoms with van der Waals surface area (Å²) in [5.74, 6) is 0.418. The van der Waals surface area contributed by atoms with E-state index in [-0.39, 0.29) is 5.41 Å². The molecular weight excluding hydrogens is 258 g/mol. The first kappa shape index (κ1) is 18.0. The third-order valence-electron chi connectivity index (χ3n) is 3.90. The number of phenols is 1. The lowest BCUT2D eigenvalue weighted by atomic mass is 9.83. The van der Waals surface area contributed by atoms with Crippen molar-refractivity contribution >= 4 is 0 Å². The van der Waals surface area contributed by atoms with Gasteiger partial charge in [-0.25, -0.2) is 0 Å². The fourth-order valence-electron chi connectivity index (χ4n) is 2.85. The van der Waals surface area contributed by atoms with E-state index in [0.717, 1.165) is 18.7 Å². The number of rotatable bonds is 9. The maximum Gasteiger partial charge on any atom is 0.119 e. The van der Waals surface area contributed by atoms with Crippen LogP contribution in [0.3, 0.4) is 0 Å². The van der Waals surface area contributed by atoms with Crippen molar-refractivity contribution in [2.24, 2.45) is 0 Å². The van der Waals surface area contributed by atoms with Crippen molar-refractivity contribution in [3.63, 3.8) is 0 Å². The normalized spacial score (nSPS) is 11.8. The van der Waals surface area contributed by atoms with Crippen LogP contribution in [-0.2, 0) is 12.0 Å². The molecule has 0 aromatic heterocycles. The van der Waals surface area contributed by atoms with Crippen LogP contribution in [0.15, 0.2) is 18.2 Å². The summed E-state index contributed by atoms with van der Waals surface area (Å²) in [6.45, 7) is 10.6. The molecule has 1 rings (SSSR count). The Bertz CT molecular complexity index is 407. The van der Waals surface area contributed by atoms with Gasteiger partial charge >= 0.3 is 0 Å². The highest BCUT2D eigenvalue weighted by molar-refractivity contribution is 5.43. The molecule has 2 N–H and O–H groups in total. The van der Waals surface area contributed by atoms with E-state index in [9.17, 15) is 5.11 Å². The summed E-state index contributed by atoms with van der Waals surface area (Å²) < 4.78 is 0. The van der Waals surface area contributed by atoms with Crippen LogP contribution in [0.25, 0.3) is 0 Å². The maximum absolute atomic E-state index is 10.1. The van der Waals surface area contributed by atoms with Gasteiger partial charge in [0.15, 0.2) is 0 Å². The van der Waals surface area contributed by atoms with Crippen molar-refractivity contribution in [1.29, 1.82) is 0 Å². The molecule has 21 heavy (non-hydrogen) atoms. The van der Waals surface area contributed by atoms with Gasteiger partial charge in [-0.3, -0.25) is 0 Å². The number of benzene rings is 1. The molecule has 0 fully saturated rings. The lowest BCUT2D eigenvalue weighted by molar-refractivity contribution is 0.442. The number of hydrogen-bond donors (Lipinski definition) is 2. The van der Waals surface area contributed by atoms with Crippen LogP contribution in [0.1, 0.15) is 77.3 Å². The first-order chi connectivity index (χ1) is 9.96. The lowest BCUT2D eigenvalue weighted by Gasteiger charge is -2.24. The van der Waals surface area contributed by atoms with Crippen molar-refractivity contribution in [3.05, 3.63) is 29.3 Å². The Morgan fingerprint density at radius 3 is 2.33 bits per heavy atom. The number of nitrogens with one attached hydrogen (secondary N) is 1. The second-order valence-electron chi connectivity index (χ2n) is 7.01. The average Bonchev–Trinajstić information content (AvgIpc) is 2.40. The molecule has 120 valence electrons. The summed E-state index contributed by atoms with van der Waals surface area (Å²) in [5.41, 5.74) is 2.26. The van der Waals surface area contributed by atoms with Gasteiger partial charge in [-0.15, -0.1) is 0 Å². The zero-order chi connectivity index (χ0) is 15.7. The van der Waals surface area contributed by atoms with Crippen molar-refractivity contribution in [1.82, 2.24) is 5.32 Å². The maximum atomic E-state index is 10.1. The topological polar surface area (TPSA) is 32.3 Å². The minimum absolute atomic E-state index is 0.0253. The van der Waals surface area contributed by atoms with Crippen LogP contribution < -0.4 is 5.32 Å². The number of unbranched alkanes of at least 4 members (excludes halogenated alkanes) is 5. The molecule has 0 saturated heterocycles. The van der Waals surface area contributed by atoms with E-state index in [1.54, 1.807) is 6.07 Å². The fraction of sp³-hybridized carbons (Fsp3) is 0.684. The van der Waals surface area contributed by atoms with Gasteiger partial charge in [0.2, 0.25) is 0 Å². The summed E-state index contributed by atoms with van der Waals surface area (Å²) in [6.07, 6.45) is 7.97. The van der Waals surface area contributed by atoms with Crippen LogP contribution in [-0.4, -0.2) is 11.7 Å². The number of hydrogen-bond acceptors (Lipinski definition) is 2. The molecule has 0 saturated carbocycles. The van der Waals surface area contributed by atoms with Crippen LogP contribution >= 0.6 is 0 Å². The van der Waals surface area contributed by atoms with Crippen LogP contribution in [0.5, 0.6) is 5.75 Å². The molecule has 2 nitrogen and oxygen atoms in total. The minimum Gasteiger partial charge on any atom is -0.508 e. The Morgan fingerprint density at radius 2 is 1.67 bits per heavy atom. The van der Waals surface area contributed by atoms with E-state index in [2.05, 4.69) is 39.1 Å². The highest BCUT2D eigenvalue weighted by Gasteiger charge is 2.21. The van der Waals surface area contributed by atoms with Gasteiger partial charge in [0.25, 0.3) is 0 Å². The highest BCUT2D eigenvalue weighted by atomic mass is 16.3. The molecule has 0 spiro atoms. The molecule has 0 heterocycles. The molecule has 1 aromatic rings. The summed E-state index contributed by atoms with van der Waals surface area (Å²) >= 11 is 0. The first-order valence-electron chi connectivity index (χ1n) is 8.49. The van der Waals surface area contributed by atoms with Gasteiger partial charge in [-0.1, -0.05) is 71.9 Å². The largest absolute Gasteiger partial charge is 0.508 e. The van der Waals surface area contributed by atoms with Gasteiger partial charge in [-0.2, -0.15) is 0 Å². The molecule has 0 amide bonds. The van der Waals surface area contributed by atoms with E-state index in [4.69, 9.17) is 0 Å². The minimum atomic E-state index is -0.0253. The molecule has 0 bridgehead atoms. The van der Waals surface area contributed by atoms with Gasteiger partial charge in [0, 0.05) is 12.1 Å². The summed E-state index contributed by atoms with van der Waals surface area (Å²) in [5, 5.41) is 13.6. The first-order valence-corrected chi connectivity index (χ1v) is 8.49. The van der Waals surface area contributed by atoms with Crippen LogP contribution in [0.2, 0.25) is 0 Å².